The molecule has 1 heterocycles. The molecule has 29 heavy (non-hydrogen) atoms. The number of hydrogen-bond acceptors (Lipinski definition) is 5. The van der Waals surface area contributed by atoms with Crippen molar-refractivity contribution in [3.8, 4) is 11.5 Å². The highest BCUT2D eigenvalue weighted by Crippen LogP contribution is 2.32. The van der Waals surface area contributed by atoms with Gasteiger partial charge < -0.3 is 14.2 Å². The van der Waals surface area contributed by atoms with Gasteiger partial charge in [-0.05, 0) is 32.4 Å². The Morgan fingerprint density at radius 2 is 1.52 bits per heavy atom. The fraction of sp³-hybridized carbons (Fsp3) is 0.583. The molecule has 0 aliphatic heterocycles. The third-order valence-corrected chi connectivity index (χ3v) is 4.81. The lowest BCUT2D eigenvalue weighted by atomic mass is 10.1. The molecule has 0 saturated heterocycles. The maximum Gasteiger partial charge on any atom is 0.339 e. The summed E-state index contributed by atoms with van der Waals surface area (Å²) in [7, 11) is 0. The molecule has 0 aliphatic rings. The number of rotatable bonds is 14. The van der Waals surface area contributed by atoms with Gasteiger partial charge in [-0.3, -0.25) is 4.98 Å². The second kappa shape index (κ2) is 13.0. The summed E-state index contributed by atoms with van der Waals surface area (Å²) in [5.41, 5.74) is 1.21. The Hall–Kier alpha value is -2.30. The summed E-state index contributed by atoms with van der Waals surface area (Å²) in [5, 5.41) is 0.838. The minimum Gasteiger partial charge on any atom is -0.490 e. The quantitative estimate of drug-likeness (QED) is 0.273. The molecule has 0 saturated carbocycles. The Bertz CT molecular complexity index is 760. The fourth-order valence-electron chi connectivity index (χ4n) is 3.26. The molecular weight excluding hydrogens is 366 g/mol. The molecule has 2 rings (SSSR count). The van der Waals surface area contributed by atoms with Gasteiger partial charge in [0.25, 0.3) is 0 Å². The van der Waals surface area contributed by atoms with E-state index in [1.807, 2.05) is 19.1 Å². The van der Waals surface area contributed by atoms with Crippen molar-refractivity contribution >= 4 is 16.9 Å². The molecule has 5 heteroatoms. The van der Waals surface area contributed by atoms with Crippen LogP contribution in [0.1, 0.15) is 82.5 Å². The summed E-state index contributed by atoms with van der Waals surface area (Å²) in [6.07, 6.45) is 11.6. The first-order chi connectivity index (χ1) is 14.2. The molecule has 0 N–H and O–H groups in total. The first-order valence-corrected chi connectivity index (χ1v) is 11.1. The molecule has 5 nitrogen and oxygen atoms in total. The third kappa shape index (κ3) is 7.56. The van der Waals surface area contributed by atoms with Gasteiger partial charge in [-0.2, -0.15) is 0 Å². The highest BCUT2D eigenvalue weighted by atomic mass is 16.5. The van der Waals surface area contributed by atoms with E-state index in [0.29, 0.717) is 36.9 Å². The van der Waals surface area contributed by atoms with Crippen molar-refractivity contribution in [3.63, 3.8) is 0 Å². The second-order valence-corrected chi connectivity index (χ2v) is 7.19. The van der Waals surface area contributed by atoms with E-state index in [4.69, 9.17) is 14.2 Å². The average molecular weight is 402 g/mol. The van der Waals surface area contributed by atoms with Crippen molar-refractivity contribution in [3.05, 3.63) is 30.0 Å². The van der Waals surface area contributed by atoms with Crippen LogP contribution in [0.3, 0.4) is 0 Å². The minimum absolute atomic E-state index is 0.340. The van der Waals surface area contributed by atoms with Crippen LogP contribution in [0.15, 0.2) is 24.4 Å². The predicted octanol–water partition coefficient (Wildman–Crippen LogP) is 6.33. The van der Waals surface area contributed by atoms with Gasteiger partial charge in [-0.25, -0.2) is 4.79 Å². The van der Waals surface area contributed by atoms with E-state index >= 15 is 0 Å². The van der Waals surface area contributed by atoms with Gasteiger partial charge in [0.2, 0.25) is 0 Å². The number of benzene rings is 1. The molecule has 1 aromatic carbocycles. The van der Waals surface area contributed by atoms with Crippen LogP contribution in [0.4, 0.5) is 0 Å². The Balaban J connectivity index is 1.96. The molecule has 2 aromatic rings. The maximum absolute atomic E-state index is 12.0. The topological polar surface area (TPSA) is 57.7 Å². The molecule has 0 unspecified atom stereocenters. The number of esters is 1. The number of aromatic nitrogens is 1. The fourth-order valence-corrected chi connectivity index (χ4v) is 3.26. The van der Waals surface area contributed by atoms with Crippen molar-refractivity contribution in [2.45, 2.75) is 72.1 Å². The van der Waals surface area contributed by atoms with E-state index in [1.54, 1.807) is 13.0 Å². The van der Waals surface area contributed by atoms with Crippen LogP contribution in [0, 0.1) is 0 Å². The summed E-state index contributed by atoms with van der Waals surface area (Å²) in [5.74, 6) is 1.03. The number of nitrogens with zero attached hydrogens (tertiary/aromatic N) is 1. The molecular formula is C24H35NO4. The van der Waals surface area contributed by atoms with E-state index in [9.17, 15) is 4.79 Å². The lowest BCUT2D eigenvalue weighted by Gasteiger charge is -2.13. The highest BCUT2D eigenvalue weighted by Gasteiger charge is 2.12. The SMILES string of the molecule is CCCCCCCCCCOc1cc2cc(C(=O)OCC)cnc2cc1OCC. The zero-order chi connectivity index (χ0) is 20.9. The summed E-state index contributed by atoms with van der Waals surface area (Å²) < 4.78 is 16.8. The van der Waals surface area contributed by atoms with Crippen molar-refractivity contribution in [1.29, 1.82) is 0 Å². The number of unbranched alkanes of at least 4 members (excludes halogenated alkanes) is 7. The summed E-state index contributed by atoms with van der Waals surface area (Å²) in [4.78, 5) is 16.4. The summed E-state index contributed by atoms with van der Waals surface area (Å²) >= 11 is 0. The van der Waals surface area contributed by atoms with Crippen LogP contribution in [-0.4, -0.2) is 30.8 Å². The first kappa shape index (κ1) is 23.0. The Kier molecular flexibility index (Phi) is 10.3. The van der Waals surface area contributed by atoms with Crippen molar-refractivity contribution in [2.75, 3.05) is 19.8 Å². The molecule has 0 amide bonds. The van der Waals surface area contributed by atoms with Crippen LogP contribution in [0.25, 0.3) is 10.9 Å². The monoisotopic (exact) mass is 401 g/mol. The van der Waals surface area contributed by atoms with Crippen molar-refractivity contribution < 1.29 is 19.0 Å². The van der Waals surface area contributed by atoms with Gasteiger partial charge in [0.15, 0.2) is 11.5 Å². The van der Waals surface area contributed by atoms with E-state index in [2.05, 4.69) is 11.9 Å². The van der Waals surface area contributed by atoms with Crippen LogP contribution < -0.4 is 9.47 Å². The number of pyridine rings is 1. The molecule has 0 spiro atoms. The lowest BCUT2D eigenvalue weighted by Crippen LogP contribution is -2.05. The number of fused-ring (bicyclic) bond motifs is 1. The third-order valence-electron chi connectivity index (χ3n) is 4.81. The lowest BCUT2D eigenvalue weighted by molar-refractivity contribution is 0.0526. The van der Waals surface area contributed by atoms with Gasteiger partial charge in [0, 0.05) is 17.6 Å². The summed E-state index contributed by atoms with van der Waals surface area (Å²) in [6.45, 7) is 7.54. The van der Waals surface area contributed by atoms with E-state index in [0.717, 1.165) is 17.3 Å². The molecule has 1 aromatic heterocycles. The number of carbonyl (C=O) groups is 1. The highest BCUT2D eigenvalue weighted by molar-refractivity contribution is 5.94. The van der Waals surface area contributed by atoms with Gasteiger partial charge in [0.05, 0.1) is 30.9 Å². The van der Waals surface area contributed by atoms with Gasteiger partial charge >= 0.3 is 5.97 Å². The van der Waals surface area contributed by atoms with Gasteiger partial charge in [-0.15, -0.1) is 0 Å². The van der Waals surface area contributed by atoms with Crippen molar-refractivity contribution in [1.82, 2.24) is 4.98 Å². The molecule has 0 bridgehead atoms. The smallest absolute Gasteiger partial charge is 0.339 e. The van der Waals surface area contributed by atoms with E-state index in [-0.39, 0.29) is 5.97 Å². The maximum atomic E-state index is 12.0. The summed E-state index contributed by atoms with van der Waals surface area (Å²) in [6, 6.07) is 5.57. The van der Waals surface area contributed by atoms with Crippen LogP contribution in [-0.2, 0) is 4.74 Å². The molecule has 0 aliphatic carbocycles. The van der Waals surface area contributed by atoms with Gasteiger partial charge in [-0.1, -0.05) is 51.9 Å². The van der Waals surface area contributed by atoms with Crippen LogP contribution in [0.5, 0.6) is 11.5 Å². The van der Waals surface area contributed by atoms with Crippen molar-refractivity contribution in [2.24, 2.45) is 0 Å². The predicted molar refractivity (Wildman–Crippen MR) is 117 cm³/mol. The van der Waals surface area contributed by atoms with Crippen LogP contribution >= 0.6 is 0 Å². The minimum atomic E-state index is -0.364. The second-order valence-electron chi connectivity index (χ2n) is 7.19. The standard InChI is InChI=1S/C24H35NO4/c1-4-7-8-9-10-11-12-13-14-29-22-16-19-15-20(24(26)28-6-3)18-25-21(19)17-23(22)27-5-2/h15-18H,4-14H2,1-3H3. The molecule has 0 radical (unpaired) electrons. The Labute approximate surface area is 174 Å². The average Bonchev–Trinajstić information content (AvgIpc) is 2.72. The molecule has 0 atom stereocenters. The largest absolute Gasteiger partial charge is 0.490 e. The Morgan fingerprint density at radius 1 is 0.828 bits per heavy atom. The zero-order valence-electron chi connectivity index (χ0n) is 18.2. The number of ether oxygens (including phenoxy) is 3. The zero-order valence-corrected chi connectivity index (χ0v) is 18.2. The number of hydrogen-bond donors (Lipinski definition) is 0. The normalized spacial score (nSPS) is 10.9. The van der Waals surface area contributed by atoms with E-state index < -0.39 is 0 Å². The van der Waals surface area contributed by atoms with Crippen LogP contribution in [0.2, 0.25) is 0 Å². The number of carbonyl (C=O) groups excluding carboxylic acids is 1. The van der Waals surface area contributed by atoms with E-state index in [1.165, 1.54) is 51.1 Å². The molecule has 160 valence electrons. The Morgan fingerprint density at radius 3 is 2.21 bits per heavy atom. The first-order valence-electron chi connectivity index (χ1n) is 11.1. The van der Waals surface area contributed by atoms with Gasteiger partial charge in [0.1, 0.15) is 0 Å². The molecule has 0 fully saturated rings.